The Bertz CT molecular complexity index is 1860. The van der Waals surface area contributed by atoms with Crippen molar-refractivity contribution in [2.24, 2.45) is 13.0 Å². The van der Waals surface area contributed by atoms with Crippen LogP contribution in [-0.2, 0) is 22.8 Å². The van der Waals surface area contributed by atoms with E-state index in [9.17, 15) is 32.8 Å². The first kappa shape index (κ1) is 33.2. The number of nitrogens with zero attached hydrogens (tertiary/aromatic N) is 6. The first-order valence-corrected chi connectivity index (χ1v) is 15.1. The Morgan fingerprint density at radius 2 is 1.77 bits per heavy atom. The largest absolute Gasteiger partial charge is 0.464 e. The molecule has 11 nitrogen and oxygen atoms in total. The highest BCUT2D eigenvalue weighted by atomic mass is 19.4. The quantitative estimate of drug-likeness (QED) is 0.268. The number of nitrogens with one attached hydrogen (secondary N) is 1. The highest BCUT2D eigenvalue weighted by Crippen LogP contribution is 2.32. The highest BCUT2D eigenvalue weighted by Gasteiger charge is 2.34. The van der Waals surface area contributed by atoms with Crippen LogP contribution in [0.1, 0.15) is 47.2 Å². The third kappa shape index (κ3) is 7.15. The maximum Gasteiger partial charge on any atom is 0.416 e. The fourth-order valence-corrected chi connectivity index (χ4v) is 5.75. The van der Waals surface area contributed by atoms with Crippen LogP contribution >= 0.6 is 0 Å². The van der Waals surface area contributed by atoms with Gasteiger partial charge in [0.2, 0.25) is 0 Å². The van der Waals surface area contributed by atoms with Crippen molar-refractivity contribution in [2.45, 2.75) is 37.9 Å². The van der Waals surface area contributed by atoms with E-state index < -0.39 is 23.2 Å². The van der Waals surface area contributed by atoms with Crippen molar-refractivity contribution in [1.82, 2.24) is 29.4 Å². The Balaban J connectivity index is 1.50. The van der Waals surface area contributed by atoms with Gasteiger partial charge in [0.05, 0.1) is 46.4 Å². The Kier molecular flexibility index (Phi) is 9.67. The molecule has 2 aromatic carbocycles. The number of halogens is 3. The van der Waals surface area contributed by atoms with E-state index in [4.69, 9.17) is 4.74 Å². The number of hydrogen-bond acceptors (Lipinski definition) is 7. The Morgan fingerprint density at radius 3 is 2.40 bits per heavy atom. The predicted octanol–water partition coefficient (Wildman–Crippen LogP) is 4.31. The number of carbonyl (C=O) groups is 2. The number of likely N-dealkylation sites (N-methyl/N-ethyl adjacent to an activating group) is 1. The van der Waals surface area contributed by atoms with E-state index >= 15 is 0 Å². The summed E-state index contributed by atoms with van der Waals surface area (Å²) < 4.78 is 50.1. The zero-order valence-corrected chi connectivity index (χ0v) is 26.1. The zero-order valence-electron chi connectivity index (χ0n) is 26.1. The summed E-state index contributed by atoms with van der Waals surface area (Å²) in [6.07, 6.45) is -1.24. The van der Waals surface area contributed by atoms with Gasteiger partial charge in [-0.25, -0.2) is 9.36 Å². The average Bonchev–Trinajstić information content (AvgIpc) is 3.62. The van der Waals surface area contributed by atoms with Gasteiger partial charge >= 0.3 is 12.1 Å². The lowest BCUT2D eigenvalue weighted by Crippen LogP contribution is -2.41. The van der Waals surface area contributed by atoms with E-state index in [1.807, 2.05) is 25.1 Å². The van der Waals surface area contributed by atoms with Crippen molar-refractivity contribution in [3.05, 3.63) is 87.8 Å². The molecule has 0 radical (unpaired) electrons. The minimum atomic E-state index is -4.65. The molecular weight excluding hydrogens is 615 g/mol. The van der Waals surface area contributed by atoms with E-state index in [2.05, 4.69) is 10.4 Å². The van der Waals surface area contributed by atoms with Gasteiger partial charge in [-0.05, 0) is 88.3 Å². The molecule has 0 unspecified atom stereocenters. The van der Waals surface area contributed by atoms with Crippen LogP contribution in [0.2, 0.25) is 0 Å². The molecule has 0 bridgehead atoms. The monoisotopic (exact) mass is 649 g/mol. The third-order valence-corrected chi connectivity index (χ3v) is 8.22. The molecule has 0 spiro atoms. The molecule has 0 atom stereocenters. The van der Waals surface area contributed by atoms with Crippen LogP contribution in [0.3, 0.4) is 0 Å². The van der Waals surface area contributed by atoms with Crippen molar-refractivity contribution in [1.29, 1.82) is 5.26 Å². The fourth-order valence-electron chi connectivity index (χ4n) is 5.75. The van der Waals surface area contributed by atoms with E-state index in [0.717, 1.165) is 16.8 Å². The van der Waals surface area contributed by atoms with Crippen LogP contribution in [0.5, 0.6) is 0 Å². The third-order valence-electron chi connectivity index (χ3n) is 8.22. The molecule has 1 fully saturated rings. The smallest absolute Gasteiger partial charge is 0.416 e. The molecule has 246 valence electrons. The summed E-state index contributed by atoms with van der Waals surface area (Å²) in [5, 5.41) is 16.5. The number of amides is 1. The topological polar surface area (TPSA) is 127 Å². The molecular formula is C33H34F3N7O4. The Hall–Kier alpha value is -5.16. The summed E-state index contributed by atoms with van der Waals surface area (Å²) in [7, 11) is 5.25. The lowest BCUT2D eigenvalue weighted by Gasteiger charge is -2.28. The fraction of sp³-hybridized carbons (Fsp3) is 0.364. The molecule has 0 saturated heterocycles. The number of aromatic nitrogens is 4. The van der Waals surface area contributed by atoms with Gasteiger partial charge in [-0.15, -0.1) is 0 Å². The first-order valence-electron chi connectivity index (χ1n) is 15.1. The van der Waals surface area contributed by atoms with Gasteiger partial charge in [-0.2, -0.15) is 23.5 Å². The molecule has 1 N–H and O–H groups in total. The summed E-state index contributed by atoms with van der Waals surface area (Å²) >= 11 is 0. The van der Waals surface area contributed by atoms with Crippen LogP contribution < -0.4 is 10.9 Å². The molecule has 0 aliphatic heterocycles. The minimum Gasteiger partial charge on any atom is -0.464 e. The lowest BCUT2D eigenvalue weighted by atomic mass is 9.86. The molecule has 47 heavy (non-hydrogen) atoms. The van der Waals surface area contributed by atoms with E-state index in [1.165, 1.54) is 34.7 Å². The van der Waals surface area contributed by atoms with Gasteiger partial charge in [0.25, 0.3) is 11.5 Å². The summed E-state index contributed by atoms with van der Waals surface area (Å²) in [6.45, 7) is 0.898. The van der Waals surface area contributed by atoms with Gasteiger partial charge in [-0.1, -0.05) is 6.07 Å². The zero-order chi connectivity index (χ0) is 33.9. The normalized spacial score (nSPS) is 16.6. The number of esters is 1. The minimum absolute atomic E-state index is 0.0784. The van der Waals surface area contributed by atoms with Crippen LogP contribution in [0.25, 0.3) is 22.8 Å². The molecule has 4 aromatic rings. The summed E-state index contributed by atoms with van der Waals surface area (Å²) in [5.74, 6) is -1.27. The molecule has 5 rings (SSSR count). The lowest BCUT2D eigenvalue weighted by molar-refractivity contribution is -0.150. The highest BCUT2D eigenvalue weighted by molar-refractivity contribution is 6.00. The second kappa shape index (κ2) is 13.7. The average molecular weight is 650 g/mol. The maximum absolute atomic E-state index is 14.0. The Morgan fingerprint density at radius 1 is 1.06 bits per heavy atom. The SMILES string of the molecule is CN(C)CCOC(=O)[C@H]1CC[C@H](NC(=O)c2c(-c3ccnn3-c3ccc(C#N)cc3)n(C)n(-c3cccc(C(F)(F)F)c3)c2=O)CC1. The van der Waals surface area contributed by atoms with Gasteiger partial charge in [0, 0.05) is 19.6 Å². The molecule has 2 heterocycles. The molecule has 1 aliphatic carbocycles. The van der Waals surface area contributed by atoms with E-state index in [-0.39, 0.29) is 41.5 Å². The standard InChI is InChI=1S/C33H34F3N7O4/c1-40(2)17-18-47-32(46)22-9-11-24(12-10-22)39-30(44)28-29(27-15-16-38-42(27)25-13-7-21(20-37)8-14-25)41(3)43(31(28)45)26-6-4-5-23(19-26)33(34,35)36/h4-8,13-16,19,22,24H,9-12,17-18H2,1-3H3,(H,39,44)/t22-,24-. The van der Waals surface area contributed by atoms with Crippen molar-refractivity contribution in [2.75, 3.05) is 27.2 Å². The van der Waals surface area contributed by atoms with Crippen molar-refractivity contribution >= 4 is 11.9 Å². The van der Waals surface area contributed by atoms with Gasteiger partial charge in [-0.3, -0.25) is 19.1 Å². The van der Waals surface area contributed by atoms with Crippen molar-refractivity contribution < 1.29 is 27.5 Å². The van der Waals surface area contributed by atoms with Crippen LogP contribution in [0.15, 0.2) is 65.6 Å². The van der Waals surface area contributed by atoms with Crippen LogP contribution in [0, 0.1) is 17.2 Å². The van der Waals surface area contributed by atoms with E-state index in [0.29, 0.717) is 49.2 Å². The number of nitriles is 1. The second-order valence-electron chi connectivity index (χ2n) is 11.7. The molecule has 1 aliphatic rings. The number of rotatable bonds is 9. The summed E-state index contributed by atoms with van der Waals surface area (Å²) in [6, 6.07) is 14.1. The second-order valence-corrected chi connectivity index (χ2v) is 11.7. The molecule has 2 aromatic heterocycles. The molecule has 14 heteroatoms. The van der Waals surface area contributed by atoms with Gasteiger partial charge in [0.15, 0.2) is 0 Å². The maximum atomic E-state index is 14.0. The van der Waals surface area contributed by atoms with Crippen molar-refractivity contribution in [3.8, 4) is 28.8 Å². The van der Waals surface area contributed by atoms with Crippen molar-refractivity contribution in [3.63, 3.8) is 0 Å². The van der Waals surface area contributed by atoms with Crippen LogP contribution in [-0.4, -0.2) is 69.2 Å². The van der Waals surface area contributed by atoms with Gasteiger partial charge in [0.1, 0.15) is 17.9 Å². The molecule has 1 amide bonds. The number of benzene rings is 2. The summed E-state index contributed by atoms with van der Waals surface area (Å²) in [5.41, 5.74) is -0.705. The Labute approximate surface area is 268 Å². The summed E-state index contributed by atoms with van der Waals surface area (Å²) in [4.78, 5) is 42.4. The van der Waals surface area contributed by atoms with E-state index in [1.54, 1.807) is 30.3 Å². The molecule has 1 saturated carbocycles. The van der Waals surface area contributed by atoms with Gasteiger partial charge < -0.3 is 15.0 Å². The number of alkyl halides is 3. The number of hydrogen-bond donors (Lipinski definition) is 1. The first-order chi connectivity index (χ1) is 22.4. The predicted molar refractivity (Wildman–Crippen MR) is 166 cm³/mol. The number of carbonyl (C=O) groups excluding carboxylic acids is 2. The van der Waals surface area contributed by atoms with Crippen LogP contribution in [0.4, 0.5) is 13.2 Å². The number of ether oxygens (including phenoxy) is 1.